The molecule has 6 heteroatoms. The Kier molecular flexibility index (Phi) is 3.31. The first-order valence-electron chi connectivity index (χ1n) is 7.62. The molecule has 0 saturated heterocycles. The number of nitrogens with zero attached hydrogens (tertiary/aromatic N) is 2. The van der Waals surface area contributed by atoms with Gasteiger partial charge in [-0.1, -0.05) is 12.1 Å². The van der Waals surface area contributed by atoms with Crippen molar-refractivity contribution >= 4 is 16.7 Å². The highest BCUT2D eigenvalue weighted by atomic mass is 16.7. The molecule has 23 heavy (non-hydrogen) atoms. The SMILES string of the molecule is NCCCn1c(-c2cccc(N)c2)nc2cc3c(cc21)OCO3. The van der Waals surface area contributed by atoms with Crippen molar-refractivity contribution in [2.75, 3.05) is 19.1 Å². The van der Waals surface area contributed by atoms with Crippen LogP contribution in [0.2, 0.25) is 0 Å². The van der Waals surface area contributed by atoms with Gasteiger partial charge >= 0.3 is 0 Å². The summed E-state index contributed by atoms with van der Waals surface area (Å²) in [7, 11) is 0. The van der Waals surface area contributed by atoms with Gasteiger partial charge in [-0.05, 0) is 25.1 Å². The van der Waals surface area contributed by atoms with Crippen LogP contribution in [-0.2, 0) is 6.54 Å². The fourth-order valence-corrected chi connectivity index (χ4v) is 2.89. The Morgan fingerprint density at radius 2 is 1.96 bits per heavy atom. The number of benzene rings is 2. The molecule has 1 aliphatic rings. The zero-order valence-corrected chi connectivity index (χ0v) is 12.7. The Hall–Kier alpha value is -2.73. The lowest BCUT2D eigenvalue weighted by molar-refractivity contribution is 0.174. The molecule has 0 saturated carbocycles. The second kappa shape index (κ2) is 5.48. The van der Waals surface area contributed by atoms with Crippen LogP contribution in [0.1, 0.15) is 6.42 Å². The average Bonchev–Trinajstić information content (AvgIpc) is 3.14. The van der Waals surface area contributed by atoms with Crippen molar-refractivity contribution in [1.29, 1.82) is 0 Å². The Morgan fingerprint density at radius 3 is 2.74 bits per heavy atom. The number of hydrogen-bond donors (Lipinski definition) is 2. The molecule has 1 aromatic heterocycles. The van der Waals surface area contributed by atoms with E-state index >= 15 is 0 Å². The molecule has 0 aliphatic carbocycles. The van der Waals surface area contributed by atoms with E-state index in [0.29, 0.717) is 12.2 Å². The zero-order valence-electron chi connectivity index (χ0n) is 12.7. The van der Waals surface area contributed by atoms with E-state index in [-0.39, 0.29) is 6.79 Å². The minimum atomic E-state index is 0.257. The van der Waals surface area contributed by atoms with E-state index < -0.39 is 0 Å². The summed E-state index contributed by atoms with van der Waals surface area (Å²) in [5.74, 6) is 2.37. The fraction of sp³-hybridized carbons (Fsp3) is 0.235. The van der Waals surface area contributed by atoms with Crippen molar-refractivity contribution in [3.63, 3.8) is 0 Å². The van der Waals surface area contributed by atoms with Crippen LogP contribution in [0.5, 0.6) is 11.5 Å². The maximum absolute atomic E-state index is 5.92. The standard InChI is InChI=1S/C17H18N4O2/c18-5-2-6-21-14-9-16-15(22-10-23-16)8-13(14)20-17(21)11-3-1-4-12(19)7-11/h1,3-4,7-9H,2,5-6,10,18-19H2. The van der Waals surface area contributed by atoms with Gasteiger partial charge in [0, 0.05) is 29.9 Å². The lowest BCUT2D eigenvalue weighted by Crippen LogP contribution is -2.07. The molecule has 0 fully saturated rings. The Labute approximate surface area is 133 Å². The molecule has 2 heterocycles. The van der Waals surface area contributed by atoms with E-state index in [1.807, 2.05) is 36.4 Å². The highest BCUT2D eigenvalue weighted by Crippen LogP contribution is 2.37. The largest absolute Gasteiger partial charge is 0.454 e. The predicted octanol–water partition coefficient (Wildman–Crippen LogP) is 2.36. The first-order valence-corrected chi connectivity index (χ1v) is 7.62. The Balaban J connectivity index is 1.92. The van der Waals surface area contributed by atoms with Crippen LogP contribution in [0.25, 0.3) is 22.4 Å². The molecular weight excluding hydrogens is 292 g/mol. The molecule has 0 unspecified atom stereocenters. The molecule has 0 spiro atoms. The zero-order chi connectivity index (χ0) is 15.8. The average molecular weight is 310 g/mol. The summed E-state index contributed by atoms with van der Waals surface area (Å²) in [4.78, 5) is 4.79. The number of ether oxygens (including phenoxy) is 2. The van der Waals surface area contributed by atoms with Crippen LogP contribution < -0.4 is 20.9 Å². The van der Waals surface area contributed by atoms with Gasteiger partial charge in [0.2, 0.25) is 6.79 Å². The van der Waals surface area contributed by atoms with E-state index in [4.69, 9.17) is 25.9 Å². The molecule has 0 atom stereocenters. The summed E-state index contributed by atoms with van der Waals surface area (Å²) >= 11 is 0. The minimum Gasteiger partial charge on any atom is -0.454 e. The van der Waals surface area contributed by atoms with Crippen LogP contribution in [0.15, 0.2) is 36.4 Å². The first kappa shape index (κ1) is 13.9. The van der Waals surface area contributed by atoms with Gasteiger partial charge in [0.25, 0.3) is 0 Å². The number of nitrogen functional groups attached to an aromatic ring is 1. The molecule has 0 amide bonds. The van der Waals surface area contributed by atoms with Gasteiger partial charge in [0.05, 0.1) is 11.0 Å². The topological polar surface area (TPSA) is 88.3 Å². The predicted molar refractivity (Wildman–Crippen MR) is 89.4 cm³/mol. The summed E-state index contributed by atoms with van der Waals surface area (Å²) < 4.78 is 13.1. The molecule has 0 bridgehead atoms. The highest BCUT2D eigenvalue weighted by molar-refractivity contribution is 5.84. The smallest absolute Gasteiger partial charge is 0.231 e. The number of anilines is 1. The summed E-state index contributed by atoms with van der Waals surface area (Å²) in [6, 6.07) is 11.7. The molecule has 6 nitrogen and oxygen atoms in total. The third-order valence-electron chi connectivity index (χ3n) is 3.97. The maximum Gasteiger partial charge on any atom is 0.231 e. The lowest BCUT2D eigenvalue weighted by Gasteiger charge is -2.09. The number of rotatable bonds is 4. The molecule has 4 N–H and O–H groups in total. The summed E-state index contributed by atoms with van der Waals surface area (Å²) in [6.45, 7) is 1.67. The van der Waals surface area contributed by atoms with Gasteiger partial charge in [-0.2, -0.15) is 0 Å². The summed E-state index contributed by atoms with van der Waals surface area (Å²) in [5.41, 5.74) is 15.2. The number of aryl methyl sites for hydroxylation is 1. The number of imidazole rings is 1. The number of fused-ring (bicyclic) bond motifs is 2. The molecular formula is C17H18N4O2. The molecule has 0 radical (unpaired) electrons. The lowest BCUT2D eigenvalue weighted by atomic mass is 10.2. The van der Waals surface area contributed by atoms with E-state index in [1.54, 1.807) is 0 Å². The van der Waals surface area contributed by atoms with Crippen molar-refractivity contribution in [2.24, 2.45) is 5.73 Å². The van der Waals surface area contributed by atoms with Crippen molar-refractivity contribution in [2.45, 2.75) is 13.0 Å². The van der Waals surface area contributed by atoms with Gasteiger partial charge in [0.1, 0.15) is 5.82 Å². The van der Waals surface area contributed by atoms with E-state index in [0.717, 1.165) is 46.9 Å². The Morgan fingerprint density at radius 1 is 1.13 bits per heavy atom. The van der Waals surface area contributed by atoms with Gasteiger partial charge in [-0.3, -0.25) is 0 Å². The summed E-state index contributed by atoms with van der Waals surface area (Å²) in [5, 5.41) is 0. The van der Waals surface area contributed by atoms with Crippen molar-refractivity contribution in [3.8, 4) is 22.9 Å². The molecule has 2 aromatic carbocycles. The third-order valence-corrected chi connectivity index (χ3v) is 3.97. The quantitative estimate of drug-likeness (QED) is 0.722. The van der Waals surface area contributed by atoms with E-state index in [2.05, 4.69) is 4.57 Å². The van der Waals surface area contributed by atoms with Crippen molar-refractivity contribution in [3.05, 3.63) is 36.4 Å². The fourth-order valence-electron chi connectivity index (χ4n) is 2.89. The first-order chi connectivity index (χ1) is 11.3. The minimum absolute atomic E-state index is 0.257. The third kappa shape index (κ3) is 2.37. The molecule has 1 aliphatic heterocycles. The van der Waals surface area contributed by atoms with Crippen LogP contribution >= 0.6 is 0 Å². The van der Waals surface area contributed by atoms with Crippen LogP contribution in [0.3, 0.4) is 0 Å². The maximum atomic E-state index is 5.92. The molecule has 3 aromatic rings. The van der Waals surface area contributed by atoms with E-state index in [1.165, 1.54) is 0 Å². The number of aromatic nitrogens is 2. The normalized spacial score (nSPS) is 12.9. The monoisotopic (exact) mass is 310 g/mol. The van der Waals surface area contributed by atoms with Crippen molar-refractivity contribution in [1.82, 2.24) is 9.55 Å². The second-order valence-corrected chi connectivity index (χ2v) is 5.55. The number of nitrogens with two attached hydrogens (primary N) is 2. The van der Waals surface area contributed by atoms with Crippen LogP contribution in [0, 0.1) is 0 Å². The van der Waals surface area contributed by atoms with Crippen molar-refractivity contribution < 1.29 is 9.47 Å². The molecule has 4 rings (SSSR count). The van der Waals surface area contributed by atoms with Gasteiger partial charge in [0.15, 0.2) is 11.5 Å². The highest BCUT2D eigenvalue weighted by Gasteiger charge is 2.19. The second-order valence-electron chi connectivity index (χ2n) is 5.55. The van der Waals surface area contributed by atoms with Crippen LogP contribution in [-0.4, -0.2) is 22.9 Å². The van der Waals surface area contributed by atoms with Gasteiger partial charge < -0.3 is 25.5 Å². The Bertz CT molecular complexity index is 872. The number of hydrogen-bond acceptors (Lipinski definition) is 5. The van der Waals surface area contributed by atoms with E-state index in [9.17, 15) is 0 Å². The van der Waals surface area contributed by atoms with Gasteiger partial charge in [-0.25, -0.2) is 4.98 Å². The van der Waals surface area contributed by atoms with Gasteiger partial charge in [-0.15, -0.1) is 0 Å². The summed E-state index contributed by atoms with van der Waals surface area (Å²) in [6.07, 6.45) is 0.870. The van der Waals surface area contributed by atoms with Crippen LogP contribution in [0.4, 0.5) is 5.69 Å². The molecule has 118 valence electrons.